The van der Waals surface area contributed by atoms with Gasteiger partial charge in [0.25, 0.3) is 0 Å². The van der Waals surface area contributed by atoms with Crippen molar-refractivity contribution in [2.45, 2.75) is 13.8 Å². The van der Waals surface area contributed by atoms with Crippen LogP contribution < -0.4 is 20.8 Å². The van der Waals surface area contributed by atoms with Gasteiger partial charge in [-0.3, -0.25) is 0 Å². The van der Waals surface area contributed by atoms with Crippen LogP contribution in [0.15, 0.2) is 65.2 Å². The van der Waals surface area contributed by atoms with Gasteiger partial charge in [-0.2, -0.15) is 0 Å². The molecule has 0 atom stereocenters. The fraction of sp³-hybridized carbons (Fsp3) is 0.167. The number of furan rings is 1. The van der Waals surface area contributed by atoms with E-state index in [4.69, 9.17) is 4.42 Å². The largest absolute Gasteiger partial charge is 0.438 e. The highest BCUT2D eigenvalue weighted by Gasteiger charge is 2.35. The second-order valence-electron chi connectivity index (χ2n) is 7.85. The maximum absolute atomic E-state index is 6.22. The summed E-state index contributed by atoms with van der Waals surface area (Å²) < 4.78 is 8.42. The first-order valence-corrected chi connectivity index (χ1v) is 9.88. The van der Waals surface area contributed by atoms with Crippen molar-refractivity contribution >= 4 is 35.2 Å². The summed E-state index contributed by atoms with van der Waals surface area (Å²) in [4.78, 5) is 6.86. The summed E-state index contributed by atoms with van der Waals surface area (Å²) in [5, 5.41) is 2.18. The van der Waals surface area contributed by atoms with Gasteiger partial charge in [0.1, 0.15) is 12.5 Å². The highest BCUT2D eigenvalue weighted by molar-refractivity contribution is 6.85. The van der Waals surface area contributed by atoms with E-state index in [9.17, 15) is 0 Å². The Labute approximate surface area is 170 Å². The minimum absolute atomic E-state index is 0.0952. The fourth-order valence-electron chi connectivity index (χ4n) is 4.32. The van der Waals surface area contributed by atoms with Crippen molar-refractivity contribution in [2.24, 2.45) is 7.05 Å². The van der Waals surface area contributed by atoms with Crippen LogP contribution in [0.1, 0.15) is 12.6 Å². The number of fused-ring (bicyclic) bond motifs is 3. The average Bonchev–Trinajstić information content (AvgIpc) is 3.07. The average molecular weight is 380 g/mol. The van der Waals surface area contributed by atoms with Crippen molar-refractivity contribution in [1.29, 1.82) is 0 Å². The molecule has 0 amide bonds. The lowest BCUT2D eigenvalue weighted by molar-refractivity contribution is -0.654. The third-order valence-corrected chi connectivity index (χ3v) is 5.82. The van der Waals surface area contributed by atoms with Crippen LogP contribution in [0.3, 0.4) is 0 Å². The van der Waals surface area contributed by atoms with E-state index in [1.54, 1.807) is 0 Å². The third-order valence-electron chi connectivity index (χ3n) is 5.82. The first-order chi connectivity index (χ1) is 14.0. The van der Waals surface area contributed by atoms with Crippen LogP contribution in [0, 0.1) is 6.92 Å². The predicted molar refractivity (Wildman–Crippen MR) is 118 cm³/mol. The summed E-state index contributed by atoms with van der Waals surface area (Å²) in [6.07, 6.45) is 4.32. The molecule has 5 heteroatoms. The van der Waals surface area contributed by atoms with E-state index in [0.717, 1.165) is 21.7 Å². The lowest BCUT2D eigenvalue weighted by atomic mass is 9.50. The minimum atomic E-state index is 0.0952. The lowest BCUT2D eigenvalue weighted by Crippen LogP contribution is -2.62. The Morgan fingerprint density at radius 2 is 1.79 bits per heavy atom. The van der Waals surface area contributed by atoms with Gasteiger partial charge in [-0.15, -0.1) is 0 Å². The molecular weight excluding hydrogens is 357 g/mol. The van der Waals surface area contributed by atoms with Crippen LogP contribution in [0.2, 0.25) is 0 Å². The monoisotopic (exact) mass is 380 g/mol. The van der Waals surface area contributed by atoms with Crippen LogP contribution in [-0.2, 0) is 7.05 Å². The van der Waals surface area contributed by atoms with Crippen molar-refractivity contribution in [1.82, 2.24) is 9.79 Å². The maximum Gasteiger partial charge on any atom is 0.402 e. The van der Waals surface area contributed by atoms with E-state index < -0.39 is 0 Å². The lowest BCUT2D eigenvalue weighted by Gasteiger charge is -2.24. The summed E-state index contributed by atoms with van der Waals surface area (Å²) >= 11 is 0. The number of aryl methyl sites for hydroxylation is 2. The second kappa shape index (κ2) is 6.62. The van der Waals surface area contributed by atoms with Gasteiger partial charge in [0, 0.05) is 28.4 Å². The summed E-state index contributed by atoms with van der Waals surface area (Å²) in [6, 6.07) is 19.1. The third kappa shape index (κ3) is 2.85. The van der Waals surface area contributed by atoms with E-state index in [1.165, 1.54) is 22.2 Å². The van der Waals surface area contributed by atoms with Crippen LogP contribution in [0.4, 0.5) is 0 Å². The molecule has 4 aromatic rings. The van der Waals surface area contributed by atoms with E-state index >= 15 is 0 Å². The summed E-state index contributed by atoms with van der Waals surface area (Å²) in [5.41, 5.74) is 7.46. The number of nitrogens with zero attached hydrogens (tertiary/aromatic N) is 3. The molecule has 0 spiro atoms. The highest BCUT2D eigenvalue weighted by Crippen LogP contribution is 2.18. The number of pyridine rings is 2. The summed E-state index contributed by atoms with van der Waals surface area (Å²) in [5.74, 6) is 0. The molecule has 0 fully saturated rings. The highest BCUT2D eigenvalue weighted by atomic mass is 16.3. The number of hydrogen-bond acceptors (Lipinski definition) is 3. The van der Waals surface area contributed by atoms with E-state index in [-0.39, 0.29) is 6.85 Å². The minimum Gasteiger partial charge on any atom is -0.438 e. The van der Waals surface area contributed by atoms with Crippen molar-refractivity contribution < 1.29 is 8.98 Å². The van der Waals surface area contributed by atoms with E-state index in [0.29, 0.717) is 5.71 Å². The first kappa shape index (κ1) is 17.7. The molecule has 0 bridgehead atoms. The molecule has 142 valence electrons. The van der Waals surface area contributed by atoms with Gasteiger partial charge < -0.3 is 9.23 Å². The van der Waals surface area contributed by atoms with Crippen LogP contribution in [-0.4, -0.2) is 23.7 Å². The molecule has 0 radical (unpaired) electrons. The molecule has 4 heterocycles. The summed E-state index contributed by atoms with van der Waals surface area (Å²) in [7, 11) is 4.23. The number of benzene rings is 1. The van der Waals surface area contributed by atoms with Crippen molar-refractivity contribution in [2.75, 3.05) is 7.05 Å². The van der Waals surface area contributed by atoms with Gasteiger partial charge in [0.05, 0.1) is 0 Å². The molecule has 5 rings (SSSR count). The number of rotatable bonds is 2. The zero-order valence-electron chi connectivity index (χ0n) is 17.2. The standard InChI is InChI=1S/C24H23BN3O/c1-16-10-11-20-21-15-28(4)25(17(2)23(21)29-24(20)26-16)22-14-19(12-13-27(22)3)18-8-6-5-7-9-18/h5-15H,1-4H3/q+1. The molecule has 29 heavy (non-hydrogen) atoms. The molecule has 3 aromatic heterocycles. The molecule has 1 aromatic carbocycles. The Balaban J connectivity index is 1.72. The SMILES string of the molecule is CC1=c2oc3nc(C)ccc3c2=CN(C)B1c1cc(-c2ccccc2)cc[n+]1C. The smallest absolute Gasteiger partial charge is 0.402 e. The Kier molecular flexibility index (Phi) is 4.05. The molecule has 1 aliphatic heterocycles. The van der Waals surface area contributed by atoms with Gasteiger partial charge >= 0.3 is 6.85 Å². The maximum atomic E-state index is 6.22. The summed E-state index contributed by atoms with van der Waals surface area (Å²) in [6.45, 7) is 4.25. The van der Waals surface area contributed by atoms with Crippen LogP contribution >= 0.6 is 0 Å². The second-order valence-corrected chi connectivity index (χ2v) is 7.85. The molecule has 0 saturated heterocycles. The van der Waals surface area contributed by atoms with Crippen molar-refractivity contribution in [3.63, 3.8) is 0 Å². The molecule has 0 aliphatic carbocycles. The number of aromatic nitrogens is 2. The first-order valence-electron chi connectivity index (χ1n) is 9.88. The molecule has 1 aliphatic rings. The zero-order valence-corrected chi connectivity index (χ0v) is 17.2. The van der Waals surface area contributed by atoms with Gasteiger partial charge in [-0.1, -0.05) is 30.3 Å². The molecule has 4 nitrogen and oxygen atoms in total. The molecule has 0 N–H and O–H groups in total. The number of hydrogen-bond donors (Lipinski definition) is 0. The van der Waals surface area contributed by atoms with Crippen LogP contribution in [0.25, 0.3) is 33.9 Å². The van der Waals surface area contributed by atoms with Gasteiger partial charge in [0.15, 0.2) is 11.8 Å². The molecule has 0 unspecified atom stereocenters. The zero-order chi connectivity index (χ0) is 20.1. The topological polar surface area (TPSA) is 33.2 Å². The van der Waals surface area contributed by atoms with E-state index in [2.05, 4.69) is 90.2 Å². The van der Waals surface area contributed by atoms with Gasteiger partial charge in [-0.05, 0) is 55.8 Å². The van der Waals surface area contributed by atoms with E-state index in [1.807, 2.05) is 19.1 Å². The predicted octanol–water partition coefficient (Wildman–Crippen LogP) is 1.92. The Morgan fingerprint density at radius 1 is 1.00 bits per heavy atom. The van der Waals surface area contributed by atoms with Crippen LogP contribution in [0.5, 0.6) is 0 Å². The fourth-order valence-corrected chi connectivity index (χ4v) is 4.32. The van der Waals surface area contributed by atoms with Crippen molar-refractivity contribution in [3.05, 3.63) is 77.1 Å². The quantitative estimate of drug-likeness (QED) is 0.394. The van der Waals surface area contributed by atoms with Crippen molar-refractivity contribution in [3.8, 4) is 11.1 Å². The Hall–Kier alpha value is -3.34. The molecular formula is C24H23BN3O+. The van der Waals surface area contributed by atoms with Gasteiger partial charge in [-0.25, -0.2) is 9.55 Å². The Morgan fingerprint density at radius 3 is 2.59 bits per heavy atom. The Bertz CT molecular complexity index is 1360. The molecule has 0 saturated carbocycles. The van der Waals surface area contributed by atoms with Gasteiger partial charge in [0.2, 0.25) is 5.71 Å². The normalized spacial score (nSPS) is 13.6.